The molecule has 1 saturated carbocycles. The second-order valence-electron chi connectivity index (χ2n) is 4.97. The van der Waals surface area contributed by atoms with E-state index >= 15 is 0 Å². The summed E-state index contributed by atoms with van der Waals surface area (Å²) in [4.78, 5) is 0. The molecule has 0 heterocycles. The first-order valence-corrected chi connectivity index (χ1v) is 6.66. The van der Waals surface area contributed by atoms with Crippen LogP contribution in [-0.4, -0.2) is 26.8 Å². The number of benzene rings is 1. The Hall–Kier alpha value is -1.22. The lowest BCUT2D eigenvalue weighted by molar-refractivity contribution is 0.183. The van der Waals surface area contributed by atoms with Crippen LogP contribution >= 0.6 is 0 Å². The molecule has 3 atom stereocenters. The van der Waals surface area contributed by atoms with Gasteiger partial charge in [-0.05, 0) is 43.0 Å². The van der Waals surface area contributed by atoms with Crippen molar-refractivity contribution in [2.75, 3.05) is 20.8 Å². The van der Waals surface area contributed by atoms with Gasteiger partial charge in [0.25, 0.3) is 0 Å². The first-order chi connectivity index (χ1) is 8.71. The third kappa shape index (κ3) is 2.32. The first-order valence-electron chi connectivity index (χ1n) is 6.66. The molecule has 2 rings (SSSR count). The van der Waals surface area contributed by atoms with E-state index in [2.05, 4.69) is 25.2 Å². The molecule has 1 fully saturated rings. The molecule has 0 aromatic heterocycles. The minimum absolute atomic E-state index is 0.569. The van der Waals surface area contributed by atoms with E-state index in [0.717, 1.165) is 18.0 Å². The topological polar surface area (TPSA) is 30.5 Å². The predicted octanol–water partition coefficient (Wildman–Crippen LogP) is 2.81. The van der Waals surface area contributed by atoms with Crippen LogP contribution in [0.3, 0.4) is 0 Å². The molecule has 1 aliphatic rings. The molecule has 0 saturated heterocycles. The summed E-state index contributed by atoms with van der Waals surface area (Å²) in [5, 5.41) is 3.53. The maximum Gasteiger partial charge on any atom is 0.122 e. The molecule has 1 aromatic carbocycles. The van der Waals surface area contributed by atoms with Crippen LogP contribution < -0.4 is 14.8 Å². The summed E-state index contributed by atoms with van der Waals surface area (Å²) in [6.07, 6.45) is 1.18. The Morgan fingerprint density at radius 3 is 2.61 bits per heavy atom. The van der Waals surface area contributed by atoms with E-state index in [4.69, 9.17) is 9.47 Å². The van der Waals surface area contributed by atoms with Gasteiger partial charge >= 0.3 is 0 Å². The van der Waals surface area contributed by atoms with Crippen LogP contribution in [0.25, 0.3) is 0 Å². The fourth-order valence-electron chi connectivity index (χ4n) is 2.86. The van der Waals surface area contributed by atoms with Gasteiger partial charge in [0.2, 0.25) is 0 Å². The molecule has 0 radical (unpaired) electrons. The van der Waals surface area contributed by atoms with Gasteiger partial charge in [0, 0.05) is 11.6 Å². The summed E-state index contributed by atoms with van der Waals surface area (Å²) in [6, 6.07) is 6.70. The highest BCUT2D eigenvalue weighted by Gasteiger charge is 2.39. The number of ether oxygens (including phenoxy) is 2. The van der Waals surface area contributed by atoms with Crippen molar-refractivity contribution >= 4 is 0 Å². The molecule has 0 spiro atoms. The van der Waals surface area contributed by atoms with Gasteiger partial charge in [-0.15, -0.1) is 0 Å². The zero-order chi connectivity index (χ0) is 13.1. The number of nitrogens with one attached hydrogen (secondary N) is 1. The fourth-order valence-corrected chi connectivity index (χ4v) is 2.86. The molecule has 18 heavy (non-hydrogen) atoms. The summed E-state index contributed by atoms with van der Waals surface area (Å²) in [6.45, 7) is 5.50. The van der Waals surface area contributed by atoms with Gasteiger partial charge in [-0.25, -0.2) is 0 Å². The molecule has 3 unspecified atom stereocenters. The molecule has 0 amide bonds. The van der Waals surface area contributed by atoms with E-state index in [1.807, 2.05) is 12.1 Å². The average Bonchev–Trinajstić information content (AvgIpc) is 2.41. The van der Waals surface area contributed by atoms with E-state index < -0.39 is 0 Å². The zero-order valence-corrected chi connectivity index (χ0v) is 11.7. The van der Waals surface area contributed by atoms with Crippen LogP contribution in [0.4, 0.5) is 0 Å². The monoisotopic (exact) mass is 249 g/mol. The molecule has 0 aliphatic heterocycles. The Morgan fingerprint density at radius 1 is 1.28 bits per heavy atom. The summed E-state index contributed by atoms with van der Waals surface area (Å²) < 4.78 is 10.8. The molecular weight excluding hydrogens is 226 g/mol. The molecular formula is C15H23NO2. The van der Waals surface area contributed by atoms with Gasteiger partial charge in [-0.2, -0.15) is 0 Å². The van der Waals surface area contributed by atoms with Crippen LogP contribution in [0, 0.1) is 5.92 Å². The first kappa shape index (κ1) is 13.2. The summed E-state index contributed by atoms with van der Waals surface area (Å²) in [5.74, 6) is 3.09. The largest absolute Gasteiger partial charge is 0.497 e. The lowest BCUT2D eigenvalue weighted by Crippen LogP contribution is -2.47. The molecule has 1 N–H and O–H groups in total. The van der Waals surface area contributed by atoms with E-state index in [0.29, 0.717) is 17.9 Å². The van der Waals surface area contributed by atoms with Crippen molar-refractivity contribution in [1.29, 1.82) is 0 Å². The highest BCUT2D eigenvalue weighted by atomic mass is 16.5. The fraction of sp³-hybridized carbons (Fsp3) is 0.600. The van der Waals surface area contributed by atoms with Gasteiger partial charge < -0.3 is 14.8 Å². The van der Waals surface area contributed by atoms with Crippen molar-refractivity contribution in [2.45, 2.75) is 32.2 Å². The van der Waals surface area contributed by atoms with Crippen LogP contribution in [-0.2, 0) is 0 Å². The lowest BCUT2D eigenvalue weighted by Gasteiger charge is -2.44. The van der Waals surface area contributed by atoms with Gasteiger partial charge in [0.15, 0.2) is 0 Å². The number of hydrogen-bond donors (Lipinski definition) is 1. The normalized spacial score (nSPS) is 26.6. The van der Waals surface area contributed by atoms with Crippen LogP contribution in [0.1, 0.15) is 31.7 Å². The van der Waals surface area contributed by atoms with Crippen molar-refractivity contribution in [3.05, 3.63) is 23.8 Å². The SMILES string of the molecule is CCNC1CC(c2cc(OC)ccc2OC)C1C. The highest BCUT2D eigenvalue weighted by Crippen LogP contribution is 2.46. The van der Waals surface area contributed by atoms with Gasteiger partial charge in [0.05, 0.1) is 14.2 Å². The molecule has 3 heteroatoms. The van der Waals surface area contributed by atoms with Gasteiger partial charge in [0.1, 0.15) is 11.5 Å². The van der Waals surface area contributed by atoms with Crippen molar-refractivity contribution in [3.63, 3.8) is 0 Å². The van der Waals surface area contributed by atoms with Gasteiger partial charge in [-0.3, -0.25) is 0 Å². The van der Waals surface area contributed by atoms with Gasteiger partial charge in [-0.1, -0.05) is 13.8 Å². The Bertz CT molecular complexity index is 405. The van der Waals surface area contributed by atoms with Crippen LogP contribution in [0.5, 0.6) is 11.5 Å². The molecule has 1 aliphatic carbocycles. The van der Waals surface area contributed by atoms with E-state index in [-0.39, 0.29) is 0 Å². The predicted molar refractivity (Wildman–Crippen MR) is 73.5 cm³/mol. The quantitative estimate of drug-likeness (QED) is 0.870. The van der Waals surface area contributed by atoms with Crippen molar-refractivity contribution in [3.8, 4) is 11.5 Å². The van der Waals surface area contributed by atoms with E-state index in [1.54, 1.807) is 14.2 Å². The van der Waals surface area contributed by atoms with Crippen molar-refractivity contribution in [1.82, 2.24) is 5.32 Å². The summed E-state index contributed by atoms with van der Waals surface area (Å²) in [5.41, 5.74) is 1.28. The lowest BCUT2D eigenvalue weighted by atomic mass is 9.67. The van der Waals surface area contributed by atoms with E-state index in [1.165, 1.54) is 12.0 Å². The second-order valence-corrected chi connectivity index (χ2v) is 4.97. The Labute approximate surface area is 109 Å². The third-order valence-corrected chi connectivity index (χ3v) is 4.08. The molecule has 0 bridgehead atoms. The van der Waals surface area contributed by atoms with Crippen molar-refractivity contribution < 1.29 is 9.47 Å². The standard InChI is InChI=1S/C15H23NO2/c1-5-16-14-9-12(10(14)2)13-8-11(17-3)6-7-15(13)18-4/h6-8,10,12,14,16H,5,9H2,1-4H3. The van der Waals surface area contributed by atoms with Crippen LogP contribution in [0.2, 0.25) is 0 Å². The summed E-state index contributed by atoms with van der Waals surface area (Å²) >= 11 is 0. The Morgan fingerprint density at radius 2 is 2.06 bits per heavy atom. The number of rotatable bonds is 5. The Kier molecular flexibility index (Phi) is 4.12. The maximum absolute atomic E-state index is 5.47. The molecule has 1 aromatic rings. The number of methoxy groups -OCH3 is 2. The minimum atomic E-state index is 0.569. The minimum Gasteiger partial charge on any atom is -0.497 e. The second kappa shape index (κ2) is 5.61. The van der Waals surface area contributed by atoms with Crippen LogP contribution in [0.15, 0.2) is 18.2 Å². The van der Waals surface area contributed by atoms with Crippen molar-refractivity contribution in [2.24, 2.45) is 5.92 Å². The maximum atomic E-state index is 5.47. The molecule has 100 valence electrons. The highest BCUT2D eigenvalue weighted by molar-refractivity contribution is 5.44. The third-order valence-electron chi connectivity index (χ3n) is 4.08. The smallest absolute Gasteiger partial charge is 0.122 e. The zero-order valence-electron chi connectivity index (χ0n) is 11.7. The Balaban J connectivity index is 2.18. The average molecular weight is 249 g/mol. The molecule has 3 nitrogen and oxygen atoms in total. The number of hydrogen-bond acceptors (Lipinski definition) is 3. The van der Waals surface area contributed by atoms with E-state index in [9.17, 15) is 0 Å². The summed E-state index contributed by atoms with van der Waals surface area (Å²) in [7, 11) is 3.44.